The number of carbonyl (C=O) groups excluding carboxylic acids is 1. The van der Waals surface area contributed by atoms with Crippen molar-refractivity contribution in [2.24, 2.45) is 0 Å². The highest BCUT2D eigenvalue weighted by atomic mass is 35.5. The first-order valence-corrected chi connectivity index (χ1v) is 5.03. The second kappa shape index (κ2) is 4.64. The molecule has 0 aliphatic heterocycles. The molecule has 0 aromatic heterocycles. The number of nitrogens with one attached hydrogen (secondary N) is 1. The predicted octanol–water partition coefficient (Wildman–Crippen LogP) is 2.06. The number of phenolic OH excluding ortho intramolecular Hbond substituents is 1. The number of ketones is 1. The zero-order chi connectivity index (χ0) is 11.6. The van der Waals surface area contributed by atoms with E-state index in [0.29, 0.717) is 0 Å². The molecule has 0 fully saturated rings. The Balaban J connectivity index is 3.26. The van der Waals surface area contributed by atoms with Gasteiger partial charge in [-0.05, 0) is 38.1 Å². The average Bonchev–Trinajstić information content (AvgIpc) is 2.20. The second-order valence-corrected chi connectivity index (χ2v) is 3.86. The summed E-state index contributed by atoms with van der Waals surface area (Å²) >= 11 is 5.91. The van der Waals surface area contributed by atoms with E-state index in [1.807, 2.05) is 13.8 Å². The summed E-state index contributed by atoms with van der Waals surface area (Å²) in [6.45, 7) is 3.85. The first-order chi connectivity index (χ1) is 6.99. The number of aryl methyl sites for hydroxylation is 1. The van der Waals surface area contributed by atoms with Gasteiger partial charge in [0.2, 0.25) is 0 Å². The number of phenols is 1. The fraction of sp³-hybridized carbons (Fsp3) is 0.364. The molecule has 0 bridgehead atoms. The standard InChI is InChI=1S/C11H14ClNO2/c1-6-4-8(9(14)5-13-3)11(15)10(12)7(6)2/h4,13,15H,5H2,1-3H3. The van der Waals surface area contributed by atoms with E-state index in [9.17, 15) is 9.90 Å². The van der Waals surface area contributed by atoms with Crippen molar-refractivity contribution in [1.29, 1.82) is 0 Å². The van der Waals surface area contributed by atoms with E-state index in [0.717, 1.165) is 11.1 Å². The Kier molecular flexibility index (Phi) is 3.72. The van der Waals surface area contributed by atoms with Gasteiger partial charge in [-0.2, -0.15) is 0 Å². The smallest absolute Gasteiger partial charge is 0.180 e. The van der Waals surface area contributed by atoms with Gasteiger partial charge in [-0.1, -0.05) is 11.6 Å². The lowest BCUT2D eigenvalue weighted by atomic mass is 10.0. The molecule has 0 unspecified atom stereocenters. The van der Waals surface area contributed by atoms with Crippen LogP contribution in [0.15, 0.2) is 6.07 Å². The summed E-state index contributed by atoms with van der Waals surface area (Å²) in [5.41, 5.74) is 1.98. The molecule has 0 saturated heterocycles. The molecule has 1 rings (SSSR count). The summed E-state index contributed by atoms with van der Waals surface area (Å²) in [7, 11) is 1.68. The molecule has 3 nitrogen and oxygen atoms in total. The number of hydrogen-bond acceptors (Lipinski definition) is 3. The fourth-order valence-corrected chi connectivity index (χ4v) is 1.58. The zero-order valence-electron chi connectivity index (χ0n) is 9.02. The molecular weight excluding hydrogens is 214 g/mol. The maximum Gasteiger partial charge on any atom is 0.180 e. The van der Waals surface area contributed by atoms with Crippen molar-refractivity contribution >= 4 is 17.4 Å². The first kappa shape index (κ1) is 12.0. The van der Waals surface area contributed by atoms with Crippen LogP contribution >= 0.6 is 11.6 Å². The highest BCUT2D eigenvalue weighted by molar-refractivity contribution is 6.33. The molecule has 2 N–H and O–H groups in total. The number of halogens is 1. The first-order valence-electron chi connectivity index (χ1n) is 4.65. The fourth-order valence-electron chi connectivity index (χ4n) is 1.33. The summed E-state index contributed by atoms with van der Waals surface area (Å²) in [5, 5.41) is 12.7. The van der Waals surface area contributed by atoms with Crippen molar-refractivity contribution in [2.45, 2.75) is 13.8 Å². The van der Waals surface area contributed by atoms with Gasteiger partial charge in [0.25, 0.3) is 0 Å². The van der Waals surface area contributed by atoms with Gasteiger partial charge in [-0.3, -0.25) is 4.79 Å². The van der Waals surface area contributed by atoms with E-state index >= 15 is 0 Å². The Morgan fingerprint density at radius 3 is 2.67 bits per heavy atom. The van der Waals surface area contributed by atoms with Crippen LogP contribution in [-0.2, 0) is 0 Å². The van der Waals surface area contributed by atoms with Crippen LogP contribution in [0.25, 0.3) is 0 Å². The van der Waals surface area contributed by atoms with Gasteiger partial charge < -0.3 is 10.4 Å². The van der Waals surface area contributed by atoms with Crippen molar-refractivity contribution in [1.82, 2.24) is 5.32 Å². The minimum atomic E-state index is -0.167. The van der Waals surface area contributed by atoms with Gasteiger partial charge in [-0.15, -0.1) is 0 Å². The van der Waals surface area contributed by atoms with Crippen LogP contribution in [0.1, 0.15) is 21.5 Å². The quantitative estimate of drug-likeness (QED) is 0.778. The number of Topliss-reactive ketones (excluding diaryl/α,β-unsaturated/α-hetero) is 1. The summed E-state index contributed by atoms with van der Waals surface area (Å²) in [4.78, 5) is 11.6. The van der Waals surface area contributed by atoms with E-state index in [2.05, 4.69) is 5.32 Å². The summed E-state index contributed by atoms with van der Waals surface area (Å²) in [6, 6.07) is 1.66. The van der Waals surface area contributed by atoms with Crippen LogP contribution in [0, 0.1) is 13.8 Å². The molecule has 0 atom stereocenters. The Morgan fingerprint density at radius 2 is 2.13 bits per heavy atom. The molecule has 0 amide bonds. The molecule has 1 aromatic carbocycles. The highest BCUT2D eigenvalue weighted by Crippen LogP contribution is 2.33. The van der Waals surface area contributed by atoms with Gasteiger partial charge in [0.1, 0.15) is 5.75 Å². The molecule has 4 heteroatoms. The molecular formula is C11H14ClNO2. The molecule has 82 valence electrons. The Morgan fingerprint density at radius 1 is 1.53 bits per heavy atom. The van der Waals surface area contributed by atoms with Crippen molar-refractivity contribution in [3.05, 3.63) is 27.8 Å². The van der Waals surface area contributed by atoms with Crippen LogP contribution in [0.3, 0.4) is 0 Å². The molecule has 0 aliphatic rings. The SMILES string of the molecule is CNCC(=O)c1cc(C)c(C)c(Cl)c1O. The summed E-state index contributed by atoms with van der Waals surface area (Å²) in [6.07, 6.45) is 0. The zero-order valence-corrected chi connectivity index (χ0v) is 9.77. The van der Waals surface area contributed by atoms with E-state index < -0.39 is 0 Å². The lowest BCUT2D eigenvalue weighted by molar-refractivity contribution is 0.0991. The normalized spacial score (nSPS) is 10.4. The minimum absolute atomic E-state index is 0.125. The van der Waals surface area contributed by atoms with Crippen molar-refractivity contribution in [3.8, 4) is 5.75 Å². The Hall–Kier alpha value is -1.06. The second-order valence-electron chi connectivity index (χ2n) is 3.48. The van der Waals surface area contributed by atoms with Crippen LogP contribution in [0.2, 0.25) is 5.02 Å². The lowest BCUT2D eigenvalue weighted by Crippen LogP contribution is -2.18. The van der Waals surface area contributed by atoms with Crippen LogP contribution in [-0.4, -0.2) is 24.5 Å². The lowest BCUT2D eigenvalue weighted by Gasteiger charge is -2.10. The van der Waals surface area contributed by atoms with Crippen molar-refractivity contribution in [2.75, 3.05) is 13.6 Å². The van der Waals surface area contributed by atoms with Crippen molar-refractivity contribution < 1.29 is 9.90 Å². The molecule has 0 aliphatic carbocycles. The highest BCUT2D eigenvalue weighted by Gasteiger charge is 2.16. The summed E-state index contributed by atoms with van der Waals surface area (Å²) in [5.74, 6) is -0.292. The number of benzene rings is 1. The van der Waals surface area contributed by atoms with Crippen LogP contribution < -0.4 is 5.32 Å². The maximum atomic E-state index is 11.6. The third-order valence-electron chi connectivity index (χ3n) is 2.38. The van der Waals surface area contributed by atoms with Gasteiger partial charge in [0.15, 0.2) is 5.78 Å². The molecule has 0 radical (unpaired) electrons. The predicted molar refractivity (Wildman–Crippen MR) is 60.8 cm³/mol. The number of hydrogen-bond donors (Lipinski definition) is 2. The molecule has 1 aromatic rings. The van der Waals surface area contributed by atoms with Gasteiger partial charge >= 0.3 is 0 Å². The third-order valence-corrected chi connectivity index (χ3v) is 2.84. The number of likely N-dealkylation sites (N-methyl/N-ethyl adjacent to an activating group) is 1. The third kappa shape index (κ3) is 2.30. The molecule has 0 spiro atoms. The van der Waals surface area contributed by atoms with Gasteiger partial charge in [0.05, 0.1) is 17.1 Å². The average molecular weight is 228 g/mol. The number of carbonyl (C=O) groups is 1. The number of aromatic hydroxyl groups is 1. The monoisotopic (exact) mass is 227 g/mol. The largest absolute Gasteiger partial charge is 0.506 e. The maximum absolute atomic E-state index is 11.6. The summed E-state index contributed by atoms with van der Waals surface area (Å²) < 4.78 is 0. The van der Waals surface area contributed by atoms with E-state index in [-0.39, 0.29) is 28.7 Å². The minimum Gasteiger partial charge on any atom is -0.506 e. The topological polar surface area (TPSA) is 49.3 Å². The molecule has 0 heterocycles. The van der Waals surface area contributed by atoms with E-state index in [4.69, 9.17) is 11.6 Å². The van der Waals surface area contributed by atoms with E-state index in [1.165, 1.54) is 0 Å². The van der Waals surface area contributed by atoms with Gasteiger partial charge in [0, 0.05) is 0 Å². The van der Waals surface area contributed by atoms with Crippen LogP contribution in [0.4, 0.5) is 0 Å². The molecule has 0 saturated carbocycles. The van der Waals surface area contributed by atoms with E-state index in [1.54, 1.807) is 13.1 Å². The van der Waals surface area contributed by atoms with Gasteiger partial charge in [-0.25, -0.2) is 0 Å². The van der Waals surface area contributed by atoms with Crippen LogP contribution in [0.5, 0.6) is 5.75 Å². The molecule has 15 heavy (non-hydrogen) atoms. The Bertz CT molecular complexity index is 402. The van der Waals surface area contributed by atoms with Crippen molar-refractivity contribution in [3.63, 3.8) is 0 Å². The number of rotatable bonds is 3. The Labute approximate surface area is 94.1 Å².